The van der Waals surface area contributed by atoms with Crippen molar-refractivity contribution in [3.63, 3.8) is 0 Å². The molecule has 0 aromatic carbocycles. The molecule has 1 aliphatic heterocycles. The highest BCUT2D eigenvalue weighted by atomic mass is 16.5. The Morgan fingerprint density at radius 3 is 2.25 bits per heavy atom. The van der Waals surface area contributed by atoms with Crippen molar-refractivity contribution in [1.82, 2.24) is 9.80 Å². The average Bonchev–Trinajstić information content (AvgIpc) is 2.35. The van der Waals surface area contributed by atoms with E-state index in [9.17, 15) is 0 Å². The molecule has 96 valence electrons. The number of nitrogens with two attached hydrogens (primary N) is 1. The van der Waals surface area contributed by atoms with E-state index in [1.165, 1.54) is 32.7 Å². The van der Waals surface area contributed by atoms with Crippen LogP contribution in [-0.2, 0) is 4.74 Å². The van der Waals surface area contributed by atoms with E-state index in [-0.39, 0.29) is 6.10 Å². The first-order chi connectivity index (χ1) is 7.80. The van der Waals surface area contributed by atoms with Crippen LogP contribution >= 0.6 is 0 Å². The minimum atomic E-state index is 0.245. The van der Waals surface area contributed by atoms with Gasteiger partial charge in [0.25, 0.3) is 0 Å². The Balaban J connectivity index is 2.13. The van der Waals surface area contributed by atoms with Gasteiger partial charge in [-0.3, -0.25) is 0 Å². The molecule has 4 heteroatoms. The summed E-state index contributed by atoms with van der Waals surface area (Å²) in [4.78, 5) is 5.02. The Labute approximate surface area is 99.7 Å². The van der Waals surface area contributed by atoms with Crippen molar-refractivity contribution in [1.29, 1.82) is 0 Å². The number of ether oxygens (including phenoxy) is 1. The molecule has 1 fully saturated rings. The lowest BCUT2D eigenvalue weighted by molar-refractivity contribution is 0.0477. The van der Waals surface area contributed by atoms with Crippen molar-refractivity contribution in [2.45, 2.75) is 26.4 Å². The molecule has 2 N–H and O–H groups in total. The molecular formula is C12H27N3O. The SMILES string of the molecule is CCOC(CN)CCN1CCN(CC)CC1. The van der Waals surface area contributed by atoms with Crippen LogP contribution in [0.25, 0.3) is 0 Å². The minimum absolute atomic E-state index is 0.245. The van der Waals surface area contributed by atoms with E-state index in [2.05, 4.69) is 16.7 Å². The molecular weight excluding hydrogens is 202 g/mol. The van der Waals surface area contributed by atoms with Crippen molar-refractivity contribution in [3.8, 4) is 0 Å². The maximum absolute atomic E-state index is 5.67. The van der Waals surface area contributed by atoms with Crippen LogP contribution in [0.2, 0.25) is 0 Å². The molecule has 0 spiro atoms. The van der Waals surface area contributed by atoms with Crippen LogP contribution in [0.1, 0.15) is 20.3 Å². The van der Waals surface area contributed by atoms with E-state index in [0.29, 0.717) is 6.54 Å². The van der Waals surface area contributed by atoms with Gasteiger partial charge in [-0.2, -0.15) is 0 Å². The molecule has 16 heavy (non-hydrogen) atoms. The predicted octanol–water partition coefficient (Wildman–Crippen LogP) is 0.378. The largest absolute Gasteiger partial charge is 0.377 e. The summed E-state index contributed by atoms with van der Waals surface area (Å²) in [6.45, 7) is 12.8. The van der Waals surface area contributed by atoms with Gasteiger partial charge < -0.3 is 20.3 Å². The van der Waals surface area contributed by atoms with Gasteiger partial charge in [-0.15, -0.1) is 0 Å². The van der Waals surface area contributed by atoms with Crippen LogP contribution in [0.15, 0.2) is 0 Å². The van der Waals surface area contributed by atoms with Gasteiger partial charge in [0.15, 0.2) is 0 Å². The highest BCUT2D eigenvalue weighted by molar-refractivity contribution is 4.72. The molecule has 1 saturated heterocycles. The van der Waals surface area contributed by atoms with E-state index in [0.717, 1.165) is 19.6 Å². The van der Waals surface area contributed by atoms with Gasteiger partial charge in [0, 0.05) is 45.9 Å². The Hall–Kier alpha value is -0.160. The summed E-state index contributed by atoms with van der Waals surface area (Å²) in [6, 6.07) is 0. The van der Waals surface area contributed by atoms with Crippen molar-refractivity contribution >= 4 is 0 Å². The Bertz CT molecular complexity index is 170. The molecule has 0 aromatic heterocycles. The Kier molecular flexibility index (Phi) is 6.96. The quantitative estimate of drug-likeness (QED) is 0.685. The molecule has 4 nitrogen and oxygen atoms in total. The lowest BCUT2D eigenvalue weighted by Gasteiger charge is -2.34. The first kappa shape index (κ1) is 13.9. The molecule has 0 aromatic rings. The molecule has 0 aliphatic carbocycles. The zero-order valence-corrected chi connectivity index (χ0v) is 10.8. The minimum Gasteiger partial charge on any atom is -0.377 e. The topological polar surface area (TPSA) is 41.7 Å². The van der Waals surface area contributed by atoms with Crippen molar-refractivity contribution in [2.24, 2.45) is 5.73 Å². The van der Waals surface area contributed by atoms with Gasteiger partial charge in [-0.05, 0) is 19.9 Å². The number of hydrogen-bond acceptors (Lipinski definition) is 4. The monoisotopic (exact) mass is 229 g/mol. The Morgan fingerprint density at radius 1 is 1.12 bits per heavy atom. The fourth-order valence-corrected chi connectivity index (χ4v) is 2.16. The van der Waals surface area contributed by atoms with E-state index in [1.54, 1.807) is 0 Å². The van der Waals surface area contributed by atoms with Gasteiger partial charge in [0.05, 0.1) is 6.10 Å². The third-order valence-corrected chi connectivity index (χ3v) is 3.34. The summed E-state index contributed by atoms with van der Waals surface area (Å²) in [5.41, 5.74) is 5.67. The van der Waals surface area contributed by atoms with Gasteiger partial charge in [-0.1, -0.05) is 6.92 Å². The third-order valence-electron chi connectivity index (χ3n) is 3.34. The third kappa shape index (κ3) is 4.78. The molecule has 1 aliphatic rings. The molecule has 1 rings (SSSR count). The molecule has 0 bridgehead atoms. The number of rotatable bonds is 7. The number of likely N-dealkylation sites (N-methyl/N-ethyl adjacent to an activating group) is 1. The van der Waals surface area contributed by atoms with Crippen LogP contribution < -0.4 is 5.73 Å². The fraction of sp³-hybridized carbons (Fsp3) is 1.00. The standard InChI is InChI=1S/C12H27N3O/c1-3-14-7-9-15(10-8-14)6-5-12(11-13)16-4-2/h12H,3-11,13H2,1-2H3. The number of piperazine rings is 1. The van der Waals surface area contributed by atoms with E-state index < -0.39 is 0 Å². The number of nitrogens with zero attached hydrogens (tertiary/aromatic N) is 2. The predicted molar refractivity (Wildman–Crippen MR) is 67.6 cm³/mol. The smallest absolute Gasteiger partial charge is 0.0709 e. The second kappa shape index (κ2) is 8.01. The normalized spacial score (nSPS) is 21.2. The second-order valence-corrected chi connectivity index (χ2v) is 4.38. The summed E-state index contributed by atoms with van der Waals surface area (Å²) < 4.78 is 5.56. The second-order valence-electron chi connectivity index (χ2n) is 4.38. The first-order valence-corrected chi connectivity index (χ1v) is 6.56. The summed E-state index contributed by atoms with van der Waals surface area (Å²) in [6.07, 6.45) is 1.31. The first-order valence-electron chi connectivity index (χ1n) is 6.56. The lowest BCUT2D eigenvalue weighted by atomic mass is 10.2. The van der Waals surface area contributed by atoms with E-state index >= 15 is 0 Å². The highest BCUT2D eigenvalue weighted by Gasteiger charge is 2.16. The van der Waals surface area contributed by atoms with Gasteiger partial charge in [-0.25, -0.2) is 0 Å². The molecule has 1 unspecified atom stereocenters. The van der Waals surface area contributed by atoms with Crippen molar-refractivity contribution < 1.29 is 4.74 Å². The van der Waals surface area contributed by atoms with Gasteiger partial charge in [0.1, 0.15) is 0 Å². The lowest BCUT2D eigenvalue weighted by Crippen LogP contribution is -2.47. The van der Waals surface area contributed by atoms with E-state index in [1.807, 2.05) is 6.92 Å². The summed E-state index contributed by atoms with van der Waals surface area (Å²) in [5, 5.41) is 0. The van der Waals surface area contributed by atoms with Gasteiger partial charge in [0.2, 0.25) is 0 Å². The average molecular weight is 229 g/mol. The summed E-state index contributed by atoms with van der Waals surface area (Å²) in [7, 11) is 0. The summed E-state index contributed by atoms with van der Waals surface area (Å²) in [5.74, 6) is 0. The highest BCUT2D eigenvalue weighted by Crippen LogP contribution is 2.04. The summed E-state index contributed by atoms with van der Waals surface area (Å²) >= 11 is 0. The fourth-order valence-electron chi connectivity index (χ4n) is 2.16. The van der Waals surface area contributed by atoms with Crippen LogP contribution in [0.3, 0.4) is 0 Å². The van der Waals surface area contributed by atoms with Crippen LogP contribution in [0.5, 0.6) is 0 Å². The van der Waals surface area contributed by atoms with Gasteiger partial charge >= 0.3 is 0 Å². The maximum Gasteiger partial charge on any atom is 0.0709 e. The van der Waals surface area contributed by atoms with E-state index in [4.69, 9.17) is 10.5 Å². The zero-order chi connectivity index (χ0) is 11.8. The molecule has 0 amide bonds. The molecule has 1 heterocycles. The van der Waals surface area contributed by atoms with Crippen molar-refractivity contribution in [3.05, 3.63) is 0 Å². The Morgan fingerprint density at radius 2 is 1.75 bits per heavy atom. The maximum atomic E-state index is 5.67. The van der Waals surface area contributed by atoms with Crippen molar-refractivity contribution in [2.75, 3.05) is 52.4 Å². The zero-order valence-electron chi connectivity index (χ0n) is 10.8. The van der Waals surface area contributed by atoms with Crippen LogP contribution in [0, 0.1) is 0 Å². The molecule has 0 radical (unpaired) electrons. The molecule has 1 atom stereocenters. The van der Waals surface area contributed by atoms with Crippen LogP contribution in [0.4, 0.5) is 0 Å². The molecule has 0 saturated carbocycles. The van der Waals surface area contributed by atoms with Crippen LogP contribution in [-0.4, -0.2) is 68.3 Å². The number of hydrogen-bond donors (Lipinski definition) is 1.